The summed E-state index contributed by atoms with van der Waals surface area (Å²) >= 11 is 0. The van der Waals surface area contributed by atoms with Crippen molar-refractivity contribution in [3.63, 3.8) is 0 Å². The van der Waals surface area contributed by atoms with E-state index in [4.69, 9.17) is 0 Å². The van der Waals surface area contributed by atoms with E-state index in [1.807, 2.05) is 13.8 Å². The molecular formula is C12H16F2N2O. The van der Waals surface area contributed by atoms with Crippen molar-refractivity contribution in [1.29, 1.82) is 0 Å². The second-order valence-corrected chi connectivity index (χ2v) is 4.20. The van der Waals surface area contributed by atoms with Gasteiger partial charge >= 0.3 is 6.03 Å². The summed E-state index contributed by atoms with van der Waals surface area (Å²) in [6, 6.07) is 3.05. The lowest BCUT2D eigenvalue weighted by Gasteiger charge is -2.20. The Kier molecular flexibility index (Phi) is 4.43. The number of benzene rings is 1. The van der Waals surface area contributed by atoms with Crippen LogP contribution in [0.5, 0.6) is 0 Å². The molecule has 0 unspecified atom stereocenters. The molecule has 2 amide bonds. The Morgan fingerprint density at radius 2 is 2.06 bits per heavy atom. The first-order valence-electron chi connectivity index (χ1n) is 5.35. The molecule has 0 atom stereocenters. The van der Waals surface area contributed by atoms with Crippen LogP contribution in [0.3, 0.4) is 0 Å². The summed E-state index contributed by atoms with van der Waals surface area (Å²) in [5.41, 5.74) is 0.285. The number of urea groups is 1. The average Bonchev–Trinajstić information content (AvgIpc) is 2.21. The molecule has 0 aliphatic carbocycles. The third kappa shape index (κ3) is 4.01. The van der Waals surface area contributed by atoms with Crippen molar-refractivity contribution in [1.82, 2.24) is 10.2 Å². The van der Waals surface area contributed by atoms with Crippen molar-refractivity contribution in [3.05, 3.63) is 35.4 Å². The summed E-state index contributed by atoms with van der Waals surface area (Å²) < 4.78 is 26.0. The highest BCUT2D eigenvalue weighted by molar-refractivity contribution is 5.74. The van der Waals surface area contributed by atoms with Crippen molar-refractivity contribution in [2.45, 2.75) is 26.4 Å². The average molecular weight is 242 g/mol. The maximum absolute atomic E-state index is 13.3. The molecule has 0 heterocycles. The molecule has 1 aromatic carbocycles. The van der Waals surface area contributed by atoms with Crippen LogP contribution in [0.25, 0.3) is 0 Å². The molecule has 5 heteroatoms. The van der Waals surface area contributed by atoms with Crippen LogP contribution < -0.4 is 5.32 Å². The largest absolute Gasteiger partial charge is 0.336 e. The summed E-state index contributed by atoms with van der Waals surface area (Å²) in [7, 11) is 1.56. The van der Waals surface area contributed by atoms with Crippen LogP contribution in [0, 0.1) is 11.6 Å². The topological polar surface area (TPSA) is 32.3 Å². The smallest absolute Gasteiger partial charge is 0.317 e. The second kappa shape index (κ2) is 5.61. The van der Waals surface area contributed by atoms with Gasteiger partial charge in [-0.2, -0.15) is 0 Å². The number of hydrogen-bond donors (Lipinski definition) is 1. The van der Waals surface area contributed by atoms with E-state index < -0.39 is 11.6 Å². The first-order valence-corrected chi connectivity index (χ1v) is 5.35. The van der Waals surface area contributed by atoms with Crippen LogP contribution >= 0.6 is 0 Å². The SMILES string of the molecule is CC(C)NC(=O)N(C)Cc1ccc(F)cc1F. The van der Waals surface area contributed by atoms with Crippen LogP contribution in [0.2, 0.25) is 0 Å². The van der Waals surface area contributed by atoms with Crippen molar-refractivity contribution in [2.24, 2.45) is 0 Å². The first-order chi connectivity index (χ1) is 7.90. The Morgan fingerprint density at radius 1 is 1.41 bits per heavy atom. The van der Waals surface area contributed by atoms with Crippen molar-refractivity contribution >= 4 is 6.03 Å². The molecule has 3 nitrogen and oxygen atoms in total. The zero-order chi connectivity index (χ0) is 13.0. The summed E-state index contributed by atoms with van der Waals surface area (Å²) in [4.78, 5) is 12.9. The number of hydrogen-bond acceptors (Lipinski definition) is 1. The van der Waals surface area contributed by atoms with Gasteiger partial charge in [0, 0.05) is 31.3 Å². The maximum atomic E-state index is 13.3. The van der Waals surface area contributed by atoms with E-state index in [2.05, 4.69) is 5.32 Å². The fourth-order valence-corrected chi connectivity index (χ4v) is 1.33. The van der Waals surface area contributed by atoms with Crippen LogP contribution in [0.1, 0.15) is 19.4 Å². The fourth-order valence-electron chi connectivity index (χ4n) is 1.33. The van der Waals surface area contributed by atoms with Gasteiger partial charge in [0.15, 0.2) is 0 Å². The number of nitrogens with one attached hydrogen (secondary N) is 1. The normalized spacial score (nSPS) is 10.5. The van der Waals surface area contributed by atoms with Gasteiger partial charge < -0.3 is 10.2 Å². The predicted molar refractivity (Wildman–Crippen MR) is 61.5 cm³/mol. The van der Waals surface area contributed by atoms with E-state index in [1.54, 1.807) is 7.05 Å². The number of nitrogens with zero attached hydrogens (tertiary/aromatic N) is 1. The third-order valence-corrected chi connectivity index (χ3v) is 2.18. The maximum Gasteiger partial charge on any atom is 0.317 e. The summed E-state index contributed by atoms with van der Waals surface area (Å²) in [5, 5.41) is 2.68. The van der Waals surface area contributed by atoms with Crippen LogP contribution in [-0.2, 0) is 6.54 Å². The molecule has 1 rings (SSSR count). The molecular weight excluding hydrogens is 226 g/mol. The lowest BCUT2D eigenvalue weighted by molar-refractivity contribution is 0.203. The molecule has 0 spiro atoms. The lowest BCUT2D eigenvalue weighted by Crippen LogP contribution is -2.40. The molecule has 0 aliphatic rings. The molecule has 0 fully saturated rings. The number of carbonyl (C=O) groups excluding carboxylic acids is 1. The first kappa shape index (κ1) is 13.4. The molecule has 1 aromatic rings. The van der Waals surface area contributed by atoms with E-state index in [-0.39, 0.29) is 24.2 Å². The molecule has 0 bridgehead atoms. The number of amides is 2. The van der Waals surface area contributed by atoms with Gasteiger partial charge in [-0.3, -0.25) is 0 Å². The monoisotopic (exact) mass is 242 g/mol. The summed E-state index contributed by atoms with van der Waals surface area (Å²) in [5.74, 6) is -1.27. The zero-order valence-electron chi connectivity index (χ0n) is 10.1. The predicted octanol–water partition coefficient (Wildman–Crippen LogP) is 2.51. The zero-order valence-corrected chi connectivity index (χ0v) is 10.1. The highest BCUT2D eigenvalue weighted by Gasteiger charge is 2.12. The standard InChI is InChI=1S/C12H16F2N2O/c1-8(2)15-12(17)16(3)7-9-4-5-10(13)6-11(9)14/h4-6,8H,7H2,1-3H3,(H,15,17). The summed E-state index contributed by atoms with van der Waals surface area (Å²) in [6.45, 7) is 3.78. The third-order valence-electron chi connectivity index (χ3n) is 2.18. The molecule has 0 saturated heterocycles. The molecule has 17 heavy (non-hydrogen) atoms. The van der Waals surface area contributed by atoms with E-state index >= 15 is 0 Å². The highest BCUT2D eigenvalue weighted by Crippen LogP contribution is 2.11. The quantitative estimate of drug-likeness (QED) is 0.867. The van der Waals surface area contributed by atoms with E-state index in [1.165, 1.54) is 17.0 Å². The van der Waals surface area contributed by atoms with Gasteiger partial charge in [0.2, 0.25) is 0 Å². The Morgan fingerprint density at radius 3 is 2.59 bits per heavy atom. The van der Waals surface area contributed by atoms with Crippen molar-refractivity contribution in [3.8, 4) is 0 Å². The summed E-state index contributed by atoms with van der Waals surface area (Å²) in [6.07, 6.45) is 0. The second-order valence-electron chi connectivity index (χ2n) is 4.20. The van der Waals surface area contributed by atoms with Gasteiger partial charge in [-0.25, -0.2) is 13.6 Å². The van der Waals surface area contributed by atoms with E-state index in [0.717, 1.165) is 6.07 Å². The molecule has 0 aromatic heterocycles. The van der Waals surface area contributed by atoms with Crippen LogP contribution in [0.15, 0.2) is 18.2 Å². The van der Waals surface area contributed by atoms with Crippen LogP contribution in [-0.4, -0.2) is 24.0 Å². The van der Waals surface area contributed by atoms with E-state index in [0.29, 0.717) is 0 Å². The number of halogens is 2. The Labute approximate surface area is 99.4 Å². The van der Waals surface area contributed by atoms with Gasteiger partial charge in [-0.15, -0.1) is 0 Å². The molecule has 94 valence electrons. The minimum Gasteiger partial charge on any atom is -0.336 e. The molecule has 0 radical (unpaired) electrons. The van der Waals surface area contributed by atoms with Gasteiger partial charge in [0.05, 0.1) is 0 Å². The minimum absolute atomic E-state index is 0.0167. The fraction of sp³-hybridized carbons (Fsp3) is 0.417. The Bertz CT molecular complexity index is 407. The van der Waals surface area contributed by atoms with E-state index in [9.17, 15) is 13.6 Å². The molecule has 0 aliphatic heterocycles. The molecule has 0 saturated carbocycles. The Balaban J connectivity index is 2.67. The van der Waals surface area contributed by atoms with Crippen LogP contribution in [0.4, 0.5) is 13.6 Å². The molecule has 1 N–H and O–H groups in total. The Hall–Kier alpha value is -1.65. The minimum atomic E-state index is -0.644. The van der Waals surface area contributed by atoms with Gasteiger partial charge in [-0.1, -0.05) is 6.07 Å². The van der Waals surface area contributed by atoms with Crippen molar-refractivity contribution in [2.75, 3.05) is 7.05 Å². The highest BCUT2D eigenvalue weighted by atomic mass is 19.1. The van der Waals surface area contributed by atoms with Crippen molar-refractivity contribution < 1.29 is 13.6 Å². The van der Waals surface area contributed by atoms with Gasteiger partial charge in [0.1, 0.15) is 11.6 Å². The number of carbonyl (C=O) groups is 1. The lowest BCUT2D eigenvalue weighted by atomic mass is 10.2. The number of rotatable bonds is 3. The van der Waals surface area contributed by atoms with Gasteiger partial charge in [-0.05, 0) is 19.9 Å². The van der Waals surface area contributed by atoms with Gasteiger partial charge in [0.25, 0.3) is 0 Å².